The molecule has 0 unspecified atom stereocenters. The van der Waals surface area contributed by atoms with E-state index in [0.717, 1.165) is 5.56 Å². The van der Waals surface area contributed by atoms with Crippen molar-refractivity contribution in [3.63, 3.8) is 0 Å². The standard InChI is InChI=1S/C16H15Cl2FN2O2/c17-12-3-6-15(14(18)9-12)23-10-21-16(22)20-8-7-11-1-4-13(19)5-2-11/h1-6,9H,7-8,10H2,(H2,20,21,22). The predicted octanol–water partition coefficient (Wildman–Crippen LogP) is 4.01. The van der Waals surface area contributed by atoms with Crippen molar-refractivity contribution in [2.45, 2.75) is 6.42 Å². The van der Waals surface area contributed by atoms with E-state index in [1.54, 1.807) is 30.3 Å². The van der Waals surface area contributed by atoms with E-state index in [4.69, 9.17) is 27.9 Å². The van der Waals surface area contributed by atoms with Crippen LogP contribution in [0.3, 0.4) is 0 Å². The van der Waals surface area contributed by atoms with E-state index in [1.807, 2.05) is 0 Å². The highest BCUT2D eigenvalue weighted by Crippen LogP contribution is 2.27. The highest BCUT2D eigenvalue weighted by molar-refractivity contribution is 6.35. The van der Waals surface area contributed by atoms with Crippen LogP contribution in [0, 0.1) is 5.82 Å². The monoisotopic (exact) mass is 356 g/mol. The van der Waals surface area contributed by atoms with Gasteiger partial charge in [-0.15, -0.1) is 0 Å². The Bertz CT molecular complexity index is 666. The molecule has 23 heavy (non-hydrogen) atoms. The van der Waals surface area contributed by atoms with Crippen LogP contribution in [0.2, 0.25) is 10.0 Å². The van der Waals surface area contributed by atoms with Gasteiger partial charge in [0.1, 0.15) is 11.6 Å². The fourth-order valence-electron chi connectivity index (χ4n) is 1.81. The minimum atomic E-state index is -0.364. The van der Waals surface area contributed by atoms with Crippen LogP contribution in [0.15, 0.2) is 42.5 Å². The Hall–Kier alpha value is -1.98. The lowest BCUT2D eigenvalue weighted by Crippen LogP contribution is -2.38. The van der Waals surface area contributed by atoms with E-state index in [1.165, 1.54) is 12.1 Å². The second kappa shape index (κ2) is 8.60. The second-order valence-corrected chi connectivity index (χ2v) is 5.52. The van der Waals surface area contributed by atoms with Gasteiger partial charge < -0.3 is 15.4 Å². The molecule has 0 aliphatic heterocycles. The molecule has 2 rings (SSSR count). The van der Waals surface area contributed by atoms with Gasteiger partial charge in [0.2, 0.25) is 0 Å². The van der Waals surface area contributed by atoms with Gasteiger partial charge in [0, 0.05) is 11.6 Å². The quantitative estimate of drug-likeness (QED) is 0.768. The highest BCUT2D eigenvalue weighted by Gasteiger charge is 2.04. The molecule has 2 aromatic carbocycles. The van der Waals surface area contributed by atoms with Gasteiger partial charge in [0.25, 0.3) is 0 Å². The van der Waals surface area contributed by atoms with Crippen LogP contribution in [0.1, 0.15) is 5.56 Å². The van der Waals surface area contributed by atoms with Crippen molar-refractivity contribution in [2.24, 2.45) is 0 Å². The number of urea groups is 1. The Balaban J connectivity index is 1.66. The SMILES string of the molecule is O=C(NCCc1ccc(F)cc1)NCOc1ccc(Cl)cc1Cl. The molecule has 122 valence electrons. The molecule has 0 spiro atoms. The average molecular weight is 357 g/mol. The number of ether oxygens (including phenoxy) is 1. The van der Waals surface area contributed by atoms with Crippen molar-refractivity contribution in [1.82, 2.24) is 10.6 Å². The maximum atomic E-state index is 12.8. The van der Waals surface area contributed by atoms with Crippen LogP contribution >= 0.6 is 23.2 Å². The number of halogens is 3. The van der Waals surface area contributed by atoms with E-state index in [-0.39, 0.29) is 18.6 Å². The van der Waals surface area contributed by atoms with Crippen molar-refractivity contribution in [2.75, 3.05) is 13.3 Å². The van der Waals surface area contributed by atoms with Gasteiger partial charge in [-0.2, -0.15) is 0 Å². The van der Waals surface area contributed by atoms with Crippen molar-refractivity contribution < 1.29 is 13.9 Å². The van der Waals surface area contributed by atoms with Crippen molar-refractivity contribution >= 4 is 29.2 Å². The van der Waals surface area contributed by atoms with Crippen LogP contribution in [-0.4, -0.2) is 19.3 Å². The van der Waals surface area contributed by atoms with Gasteiger partial charge in [0.15, 0.2) is 6.73 Å². The van der Waals surface area contributed by atoms with Gasteiger partial charge in [-0.25, -0.2) is 9.18 Å². The summed E-state index contributed by atoms with van der Waals surface area (Å²) in [7, 11) is 0. The van der Waals surface area contributed by atoms with Crippen molar-refractivity contribution in [3.8, 4) is 5.75 Å². The third-order valence-corrected chi connectivity index (χ3v) is 3.50. The summed E-state index contributed by atoms with van der Waals surface area (Å²) in [4.78, 5) is 11.6. The number of hydrogen-bond acceptors (Lipinski definition) is 2. The molecule has 2 amide bonds. The van der Waals surface area contributed by atoms with Gasteiger partial charge in [-0.3, -0.25) is 0 Å². The Morgan fingerprint density at radius 1 is 1.09 bits per heavy atom. The lowest BCUT2D eigenvalue weighted by molar-refractivity contribution is 0.224. The van der Waals surface area contributed by atoms with Gasteiger partial charge >= 0.3 is 6.03 Å². The molecular formula is C16H15Cl2FN2O2. The third kappa shape index (κ3) is 5.96. The maximum absolute atomic E-state index is 12.8. The number of carbonyl (C=O) groups is 1. The summed E-state index contributed by atoms with van der Waals surface area (Å²) in [6, 6.07) is 10.6. The van der Waals surface area contributed by atoms with E-state index >= 15 is 0 Å². The fourth-order valence-corrected chi connectivity index (χ4v) is 2.27. The maximum Gasteiger partial charge on any atom is 0.317 e. The second-order valence-electron chi connectivity index (χ2n) is 4.67. The Kier molecular flexibility index (Phi) is 6.50. The highest BCUT2D eigenvalue weighted by atomic mass is 35.5. The van der Waals surface area contributed by atoms with Crippen LogP contribution < -0.4 is 15.4 Å². The van der Waals surface area contributed by atoms with Gasteiger partial charge in [-0.1, -0.05) is 35.3 Å². The van der Waals surface area contributed by atoms with Crippen LogP contribution in [0.5, 0.6) is 5.75 Å². The minimum absolute atomic E-state index is 0.0241. The van der Waals surface area contributed by atoms with Crippen LogP contribution in [-0.2, 0) is 6.42 Å². The number of benzene rings is 2. The summed E-state index contributed by atoms with van der Waals surface area (Å²) in [6.07, 6.45) is 0.609. The third-order valence-electron chi connectivity index (χ3n) is 2.97. The fraction of sp³-hybridized carbons (Fsp3) is 0.188. The van der Waals surface area contributed by atoms with E-state index in [9.17, 15) is 9.18 Å². The van der Waals surface area contributed by atoms with Crippen molar-refractivity contribution in [3.05, 3.63) is 63.9 Å². The molecule has 7 heteroatoms. The molecule has 0 atom stereocenters. The van der Waals surface area contributed by atoms with Crippen LogP contribution in [0.4, 0.5) is 9.18 Å². The average Bonchev–Trinajstić information content (AvgIpc) is 2.51. The van der Waals surface area contributed by atoms with Crippen LogP contribution in [0.25, 0.3) is 0 Å². The van der Waals surface area contributed by atoms with Gasteiger partial charge in [0.05, 0.1) is 5.02 Å². The zero-order chi connectivity index (χ0) is 16.7. The smallest absolute Gasteiger partial charge is 0.317 e. The summed E-state index contributed by atoms with van der Waals surface area (Å²) >= 11 is 11.7. The molecule has 4 nitrogen and oxygen atoms in total. The first-order chi connectivity index (χ1) is 11.0. The summed E-state index contributed by atoms with van der Waals surface area (Å²) in [5.74, 6) is 0.153. The van der Waals surface area contributed by atoms with E-state index < -0.39 is 0 Å². The summed E-state index contributed by atoms with van der Waals surface area (Å²) < 4.78 is 18.1. The molecule has 2 N–H and O–H groups in total. The Labute approximate surface area is 143 Å². The summed E-state index contributed by atoms with van der Waals surface area (Å²) in [5.41, 5.74) is 0.941. The van der Waals surface area contributed by atoms with Gasteiger partial charge in [-0.05, 0) is 42.3 Å². The molecule has 0 bridgehead atoms. The van der Waals surface area contributed by atoms with Crippen molar-refractivity contribution in [1.29, 1.82) is 0 Å². The normalized spacial score (nSPS) is 10.2. The zero-order valence-electron chi connectivity index (χ0n) is 12.1. The summed E-state index contributed by atoms with van der Waals surface area (Å²) in [6.45, 7) is 0.406. The number of rotatable bonds is 6. The molecule has 0 aromatic heterocycles. The lowest BCUT2D eigenvalue weighted by Gasteiger charge is -2.10. The molecule has 0 saturated carbocycles. The number of nitrogens with one attached hydrogen (secondary N) is 2. The number of hydrogen-bond donors (Lipinski definition) is 2. The molecule has 0 saturated heterocycles. The first kappa shape index (κ1) is 17.4. The van der Waals surface area contributed by atoms with E-state index in [0.29, 0.717) is 28.8 Å². The minimum Gasteiger partial charge on any atom is -0.472 e. The first-order valence-electron chi connectivity index (χ1n) is 6.88. The summed E-state index contributed by atoms with van der Waals surface area (Å²) in [5, 5.41) is 6.10. The topological polar surface area (TPSA) is 50.4 Å². The lowest BCUT2D eigenvalue weighted by atomic mass is 10.1. The predicted molar refractivity (Wildman–Crippen MR) is 88.6 cm³/mol. The molecule has 0 heterocycles. The Morgan fingerprint density at radius 3 is 2.52 bits per heavy atom. The molecule has 0 fully saturated rings. The largest absolute Gasteiger partial charge is 0.472 e. The molecule has 0 aliphatic rings. The first-order valence-corrected chi connectivity index (χ1v) is 7.64. The Morgan fingerprint density at radius 2 is 1.83 bits per heavy atom. The zero-order valence-corrected chi connectivity index (χ0v) is 13.6. The van der Waals surface area contributed by atoms with E-state index in [2.05, 4.69) is 10.6 Å². The molecule has 0 radical (unpaired) electrons. The molecule has 0 aliphatic carbocycles. The number of carbonyl (C=O) groups excluding carboxylic acids is 1. The molecular weight excluding hydrogens is 342 g/mol. The molecule has 2 aromatic rings. The number of amides is 2.